The van der Waals surface area contributed by atoms with Gasteiger partial charge in [-0.25, -0.2) is 4.98 Å². The highest BCUT2D eigenvalue weighted by atomic mass is 16.4. The van der Waals surface area contributed by atoms with E-state index in [9.17, 15) is 0 Å². The van der Waals surface area contributed by atoms with Crippen LogP contribution >= 0.6 is 0 Å². The standard InChI is InChI=1S/C29H29N5O2/c1-28(2,3)20-14-10-18(11-15-20)24-31-33-26(35-24)22-8-7-9-23(30-22)27-34-32-25(36-27)19-12-16-21(17-13-19)29(4,5)6/h7-17H,1-6H3. The van der Waals surface area contributed by atoms with Crippen molar-refractivity contribution in [1.82, 2.24) is 25.4 Å². The van der Waals surface area contributed by atoms with Crippen LogP contribution in [-0.4, -0.2) is 25.4 Å². The van der Waals surface area contributed by atoms with Gasteiger partial charge in [0.05, 0.1) is 0 Å². The monoisotopic (exact) mass is 479 g/mol. The van der Waals surface area contributed by atoms with Gasteiger partial charge in [-0.1, -0.05) is 71.9 Å². The Morgan fingerprint density at radius 3 is 1.19 bits per heavy atom. The predicted molar refractivity (Wildman–Crippen MR) is 139 cm³/mol. The minimum atomic E-state index is 0.0768. The summed E-state index contributed by atoms with van der Waals surface area (Å²) in [5.41, 5.74) is 5.42. The van der Waals surface area contributed by atoms with Crippen molar-refractivity contribution in [2.45, 2.75) is 52.4 Å². The second kappa shape index (κ2) is 8.82. The van der Waals surface area contributed by atoms with E-state index < -0.39 is 0 Å². The van der Waals surface area contributed by atoms with Gasteiger partial charge in [0.15, 0.2) is 0 Å². The van der Waals surface area contributed by atoms with Crippen molar-refractivity contribution in [3.8, 4) is 46.1 Å². The molecule has 0 spiro atoms. The van der Waals surface area contributed by atoms with Gasteiger partial charge in [0.2, 0.25) is 11.8 Å². The van der Waals surface area contributed by atoms with Crippen LogP contribution < -0.4 is 0 Å². The van der Waals surface area contributed by atoms with E-state index in [1.54, 1.807) is 0 Å². The highest BCUT2D eigenvalue weighted by molar-refractivity contribution is 5.60. The normalized spacial score (nSPS) is 12.2. The third kappa shape index (κ3) is 4.82. The van der Waals surface area contributed by atoms with E-state index in [2.05, 4.69) is 91.2 Å². The maximum Gasteiger partial charge on any atom is 0.266 e. The predicted octanol–water partition coefficient (Wildman–Crippen LogP) is 7.11. The molecule has 182 valence electrons. The molecule has 5 rings (SSSR count). The highest BCUT2D eigenvalue weighted by Crippen LogP contribution is 2.30. The molecule has 5 aromatic rings. The average molecular weight is 480 g/mol. The zero-order chi connectivity index (χ0) is 25.5. The molecule has 3 heterocycles. The molecule has 0 saturated carbocycles. The summed E-state index contributed by atoms with van der Waals surface area (Å²) >= 11 is 0. The number of hydrogen-bond acceptors (Lipinski definition) is 7. The van der Waals surface area contributed by atoms with Crippen LogP contribution in [0.1, 0.15) is 52.7 Å². The smallest absolute Gasteiger partial charge is 0.266 e. The molecule has 0 N–H and O–H groups in total. The van der Waals surface area contributed by atoms with Crippen LogP contribution in [0.5, 0.6) is 0 Å². The number of rotatable bonds is 4. The molecule has 2 aromatic carbocycles. The lowest BCUT2D eigenvalue weighted by Gasteiger charge is -2.18. The first-order valence-electron chi connectivity index (χ1n) is 11.9. The van der Waals surface area contributed by atoms with E-state index >= 15 is 0 Å². The number of nitrogens with zero attached hydrogens (tertiary/aromatic N) is 5. The van der Waals surface area contributed by atoms with Gasteiger partial charge in [0.1, 0.15) is 11.4 Å². The molecule has 0 aliphatic heterocycles. The van der Waals surface area contributed by atoms with Gasteiger partial charge in [0, 0.05) is 11.1 Å². The molecule has 0 saturated heterocycles. The van der Waals surface area contributed by atoms with Crippen LogP contribution in [0.4, 0.5) is 0 Å². The van der Waals surface area contributed by atoms with Crippen molar-refractivity contribution in [3.63, 3.8) is 0 Å². The Bertz CT molecular complexity index is 1370. The van der Waals surface area contributed by atoms with Crippen molar-refractivity contribution in [1.29, 1.82) is 0 Å². The molecule has 0 unspecified atom stereocenters. The van der Waals surface area contributed by atoms with Gasteiger partial charge >= 0.3 is 0 Å². The van der Waals surface area contributed by atoms with E-state index in [1.807, 2.05) is 42.5 Å². The molecule has 0 aliphatic carbocycles. The summed E-state index contributed by atoms with van der Waals surface area (Å²) < 4.78 is 11.9. The SMILES string of the molecule is CC(C)(C)c1ccc(-c2nnc(-c3cccc(-c4nnc(-c5ccc(C(C)(C)C)cc5)o4)n3)o2)cc1. The second-order valence-electron chi connectivity index (χ2n) is 10.9. The minimum Gasteiger partial charge on any atom is -0.415 e. The molecule has 0 atom stereocenters. The summed E-state index contributed by atoms with van der Waals surface area (Å²) in [6, 6.07) is 21.8. The number of benzene rings is 2. The lowest BCUT2D eigenvalue weighted by atomic mass is 9.87. The molecular weight excluding hydrogens is 450 g/mol. The fourth-order valence-electron chi connectivity index (χ4n) is 3.79. The number of hydrogen-bond donors (Lipinski definition) is 0. The van der Waals surface area contributed by atoms with Gasteiger partial charge in [-0.15, -0.1) is 20.4 Å². The van der Waals surface area contributed by atoms with E-state index in [-0.39, 0.29) is 10.8 Å². The fourth-order valence-corrected chi connectivity index (χ4v) is 3.79. The molecule has 0 radical (unpaired) electrons. The maximum atomic E-state index is 5.93. The Hall–Kier alpha value is -4.13. The van der Waals surface area contributed by atoms with Crippen LogP contribution in [0, 0.1) is 0 Å². The summed E-state index contributed by atoms with van der Waals surface area (Å²) in [6.45, 7) is 13.1. The van der Waals surface area contributed by atoms with Crippen LogP contribution in [0.15, 0.2) is 75.6 Å². The molecule has 7 nitrogen and oxygen atoms in total. The Balaban J connectivity index is 1.38. The summed E-state index contributed by atoms with van der Waals surface area (Å²) in [6.07, 6.45) is 0. The van der Waals surface area contributed by atoms with E-state index in [1.165, 1.54) is 11.1 Å². The van der Waals surface area contributed by atoms with Crippen LogP contribution in [0.25, 0.3) is 46.1 Å². The van der Waals surface area contributed by atoms with Crippen LogP contribution in [0.3, 0.4) is 0 Å². The zero-order valence-corrected chi connectivity index (χ0v) is 21.4. The summed E-state index contributed by atoms with van der Waals surface area (Å²) in [4.78, 5) is 4.63. The molecule has 7 heteroatoms. The molecule has 0 fully saturated rings. The third-order valence-electron chi connectivity index (χ3n) is 6.03. The van der Waals surface area contributed by atoms with Gasteiger partial charge in [-0.05, 0) is 58.4 Å². The Kier molecular flexibility index (Phi) is 5.79. The van der Waals surface area contributed by atoms with Gasteiger partial charge in [0.25, 0.3) is 11.8 Å². The molecule has 3 aromatic heterocycles. The van der Waals surface area contributed by atoms with Crippen LogP contribution in [-0.2, 0) is 10.8 Å². The first-order valence-corrected chi connectivity index (χ1v) is 11.9. The Morgan fingerprint density at radius 2 is 0.833 bits per heavy atom. The highest BCUT2D eigenvalue weighted by Gasteiger charge is 2.18. The van der Waals surface area contributed by atoms with Crippen LogP contribution in [0.2, 0.25) is 0 Å². The van der Waals surface area contributed by atoms with Crippen molar-refractivity contribution in [2.75, 3.05) is 0 Å². The summed E-state index contributed by atoms with van der Waals surface area (Å²) in [5, 5.41) is 16.8. The molecule has 0 amide bonds. The summed E-state index contributed by atoms with van der Waals surface area (Å²) in [5.74, 6) is 1.53. The quantitative estimate of drug-likeness (QED) is 0.271. The molecular formula is C29H29N5O2. The average Bonchev–Trinajstić information content (AvgIpc) is 3.54. The van der Waals surface area contributed by atoms with Crippen molar-refractivity contribution < 1.29 is 8.83 Å². The summed E-state index contributed by atoms with van der Waals surface area (Å²) in [7, 11) is 0. The van der Waals surface area contributed by atoms with E-state index in [0.717, 1.165) is 11.1 Å². The lowest BCUT2D eigenvalue weighted by Crippen LogP contribution is -2.10. The first kappa shape index (κ1) is 23.6. The number of aromatic nitrogens is 5. The van der Waals surface area contributed by atoms with Gasteiger partial charge in [-0.3, -0.25) is 0 Å². The second-order valence-corrected chi connectivity index (χ2v) is 10.9. The van der Waals surface area contributed by atoms with E-state index in [0.29, 0.717) is 35.0 Å². The number of pyridine rings is 1. The Labute approximate surface area is 210 Å². The largest absolute Gasteiger partial charge is 0.415 e. The zero-order valence-electron chi connectivity index (χ0n) is 21.4. The fraction of sp³-hybridized carbons (Fsp3) is 0.276. The topological polar surface area (TPSA) is 90.7 Å². The van der Waals surface area contributed by atoms with Crippen molar-refractivity contribution in [2.24, 2.45) is 0 Å². The van der Waals surface area contributed by atoms with Gasteiger partial charge in [-0.2, -0.15) is 0 Å². The van der Waals surface area contributed by atoms with Gasteiger partial charge < -0.3 is 8.83 Å². The minimum absolute atomic E-state index is 0.0768. The van der Waals surface area contributed by atoms with E-state index in [4.69, 9.17) is 8.83 Å². The first-order chi connectivity index (χ1) is 17.1. The molecule has 0 bridgehead atoms. The lowest BCUT2D eigenvalue weighted by molar-refractivity contribution is 0.576. The maximum absolute atomic E-state index is 5.93. The molecule has 36 heavy (non-hydrogen) atoms. The van der Waals surface area contributed by atoms with Crippen molar-refractivity contribution in [3.05, 3.63) is 77.9 Å². The van der Waals surface area contributed by atoms with Crippen molar-refractivity contribution >= 4 is 0 Å². The third-order valence-corrected chi connectivity index (χ3v) is 6.03. The molecule has 0 aliphatic rings. The Morgan fingerprint density at radius 1 is 0.472 bits per heavy atom.